The van der Waals surface area contributed by atoms with Crippen LogP contribution in [0, 0.1) is 11.3 Å². The molecule has 0 radical (unpaired) electrons. The van der Waals surface area contributed by atoms with Gasteiger partial charge in [-0.15, -0.1) is 12.4 Å². The van der Waals surface area contributed by atoms with Gasteiger partial charge in [0, 0.05) is 19.6 Å². The Kier molecular flexibility index (Phi) is 6.79. The highest BCUT2D eigenvalue weighted by Gasteiger charge is 2.34. The molecule has 1 saturated heterocycles. The zero-order chi connectivity index (χ0) is 17.9. The smallest absolute Gasteiger partial charge is 0.243 e. The van der Waals surface area contributed by atoms with Crippen LogP contribution in [0.2, 0.25) is 0 Å². The van der Waals surface area contributed by atoms with Gasteiger partial charge in [0.15, 0.2) is 0 Å². The predicted octanol–water partition coefficient (Wildman–Crippen LogP) is 2.88. The van der Waals surface area contributed by atoms with Crippen molar-refractivity contribution in [2.45, 2.75) is 24.3 Å². The number of piperazine rings is 1. The van der Waals surface area contributed by atoms with Crippen LogP contribution in [0.5, 0.6) is 0 Å². The molecule has 1 aliphatic heterocycles. The molecule has 1 heterocycles. The largest absolute Gasteiger partial charge is 0.313 e. The molecule has 1 fully saturated rings. The van der Waals surface area contributed by atoms with Crippen molar-refractivity contribution >= 4 is 22.4 Å². The number of rotatable bonds is 4. The summed E-state index contributed by atoms with van der Waals surface area (Å²) in [6.45, 7) is 3.72. The molecule has 1 atom stereocenters. The van der Waals surface area contributed by atoms with Crippen molar-refractivity contribution in [2.75, 3.05) is 19.6 Å². The maximum Gasteiger partial charge on any atom is 0.243 e. The Balaban J connectivity index is 0.00000243. The Labute approximate surface area is 161 Å². The van der Waals surface area contributed by atoms with Gasteiger partial charge in [-0.05, 0) is 41.8 Å². The van der Waals surface area contributed by atoms with E-state index in [-0.39, 0.29) is 23.3 Å². The summed E-state index contributed by atoms with van der Waals surface area (Å²) in [5.74, 6) is 0. The van der Waals surface area contributed by atoms with E-state index in [9.17, 15) is 8.42 Å². The minimum Gasteiger partial charge on any atom is -0.313 e. The second-order valence-corrected chi connectivity index (χ2v) is 7.96. The zero-order valence-electron chi connectivity index (χ0n) is 14.6. The molecule has 3 rings (SSSR count). The number of hydrogen-bond donors (Lipinski definition) is 1. The highest BCUT2D eigenvalue weighted by molar-refractivity contribution is 7.89. The van der Waals surface area contributed by atoms with Crippen molar-refractivity contribution in [3.63, 3.8) is 0 Å². The Bertz CT molecular complexity index is 874. The topological polar surface area (TPSA) is 73.2 Å². The van der Waals surface area contributed by atoms with Gasteiger partial charge in [-0.2, -0.15) is 9.57 Å². The minimum absolute atomic E-state index is 0. The van der Waals surface area contributed by atoms with E-state index < -0.39 is 10.0 Å². The predicted molar refractivity (Wildman–Crippen MR) is 104 cm³/mol. The molecule has 7 heteroatoms. The van der Waals surface area contributed by atoms with E-state index >= 15 is 0 Å². The number of aryl methyl sites for hydroxylation is 1. The van der Waals surface area contributed by atoms with E-state index in [2.05, 4.69) is 24.4 Å². The number of benzene rings is 2. The molecule has 138 valence electrons. The Morgan fingerprint density at radius 2 is 1.81 bits per heavy atom. The molecule has 0 aliphatic carbocycles. The number of nitrogens with zero attached hydrogens (tertiary/aromatic N) is 2. The molecule has 1 aliphatic rings. The molecule has 0 amide bonds. The fraction of sp³-hybridized carbons (Fsp3) is 0.316. The third kappa shape index (κ3) is 4.08. The van der Waals surface area contributed by atoms with E-state index in [0.29, 0.717) is 25.2 Å². The minimum atomic E-state index is -3.62. The Hall–Kier alpha value is -1.91. The van der Waals surface area contributed by atoms with Crippen molar-refractivity contribution in [3.05, 3.63) is 65.2 Å². The average molecular weight is 392 g/mol. The highest BCUT2D eigenvalue weighted by atomic mass is 35.5. The first-order valence-corrected chi connectivity index (χ1v) is 9.82. The number of hydrogen-bond acceptors (Lipinski definition) is 4. The molecule has 0 spiro atoms. The van der Waals surface area contributed by atoms with E-state index in [0.717, 1.165) is 12.0 Å². The van der Waals surface area contributed by atoms with Crippen LogP contribution in [-0.2, 0) is 16.4 Å². The molecule has 0 aromatic heterocycles. The summed E-state index contributed by atoms with van der Waals surface area (Å²) < 4.78 is 27.8. The maximum atomic E-state index is 13.1. The molecule has 0 bridgehead atoms. The fourth-order valence-corrected chi connectivity index (χ4v) is 4.68. The first kappa shape index (κ1) is 20.4. The summed E-state index contributed by atoms with van der Waals surface area (Å²) >= 11 is 0. The van der Waals surface area contributed by atoms with Gasteiger partial charge in [0.2, 0.25) is 10.0 Å². The van der Waals surface area contributed by atoms with Crippen molar-refractivity contribution in [1.82, 2.24) is 9.62 Å². The number of nitrogens with one attached hydrogen (secondary N) is 1. The fourth-order valence-electron chi connectivity index (χ4n) is 3.07. The van der Waals surface area contributed by atoms with Crippen LogP contribution in [0.15, 0.2) is 53.4 Å². The van der Waals surface area contributed by atoms with E-state index in [1.807, 2.05) is 18.2 Å². The van der Waals surface area contributed by atoms with Gasteiger partial charge >= 0.3 is 0 Å². The third-order valence-corrected chi connectivity index (χ3v) is 6.48. The lowest BCUT2D eigenvalue weighted by atomic mass is 10.0. The normalized spacial score (nSPS) is 17.9. The number of sulfonamides is 1. The van der Waals surface area contributed by atoms with Gasteiger partial charge in [0.05, 0.1) is 22.6 Å². The van der Waals surface area contributed by atoms with Gasteiger partial charge in [-0.25, -0.2) is 8.42 Å². The van der Waals surface area contributed by atoms with Crippen molar-refractivity contribution in [3.8, 4) is 6.07 Å². The van der Waals surface area contributed by atoms with Crippen LogP contribution >= 0.6 is 12.4 Å². The van der Waals surface area contributed by atoms with E-state index in [4.69, 9.17) is 5.26 Å². The molecule has 5 nitrogen and oxygen atoms in total. The van der Waals surface area contributed by atoms with Crippen LogP contribution in [0.25, 0.3) is 0 Å². The first-order valence-electron chi connectivity index (χ1n) is 8.38. The van der Waals surface area contributed by atoms with Gasteiger partial charge < -0.3 is 5.32 Å². The second-order valence-electron chi connectivity index (χ2n) is 6.07. The third-order valence-electron chi connectivity index (χ3n) is 4.56. The van der Waals surface area contributed by atoms with Crippen LogP contribution < -0.4 is 5.32 Å². The molecule has 1 N–H and O–H groups in total. The van der Waals surface area contributed by atoms with Crippen molar-refractivity contribution in [1.29, 1.82) is 5.26 Å². The zero-order valence-corrected chi connectivity index (χ0v) is 16.2. The molecule has 26 heavy (non-hydrogen) atoms. The molecule has 2 aromatic carbocycles. The van der Waals surface area contributed by atoms with Gasteiger partial charge in [0.25, 0.3) is 0 Å². The summed E-state index contributed by atoms with van der Waals surface area (Å²) in [5, 5.41) is 12.2. The van der Waals surface area contributed by atoms with Gasteiger partial charge in [-0.3, -0.25) is 0 Å². The van der Waals surface area contributed by atoms with Crippen LogP contribution in [0.3, 0.4) is 0 Å². The molecule has 2 aromatic rings. The lowest BCUT2D eigenvalue weighted by Crippen LogP contribution is -2.48. The summed E-state index contributed by atoms with van der Waals surface area (Å²) in [7, 11) is -3.62. The monoisotopic (exact) mass is 391 g/mol. The van der Waals surface area contributed by atoms with E-state index in [1.165, 1.54) is 17.7 Å². The Morgan fingerprint density at radius 3 is 2.38 bits per heavy atom. The lowest BCUT2D eigenvalue weighted by molar-refractivity contribution is 0.271. The molecule has 0 saturated carbocycles. The standard InChI is InChI=1S/C19H21N3O2S.ClH/c1-2-15-3-7-17(8-4-15)19-14-21-11-12-22(19)25(23,24)18-9-5-16(13-20)6-10-18;/h3-10,19,21H,2,11-12,14H2,1H3;1H. The summed E-state index contributed by atoms with van der Waals surface area (Å²) in [5.41, 5.74) is 2.67. The molecule has 1 unspecified atom stereocenters. The molecular formula is C19H22ClN3O2S. The summed E-state index contributed by atoms with van der Waals surface area (Å²) in [4.78, 5) is 0.226. The van der Waals surface area contributed by atoms with Crippen molar-refractivity contribution in [2.24, 2.45) is 0 Å². The Morgan fingerprint density at radius 1 is 1.15 bits per heavy atom. The van der Waals surface area contributed by atoms with Gasteiger partial charge in [0.1, 0.15) is 0 Å². The van der Waals surface area contributed by atoms with E-state index in [1.54, 1.807) is 16.4 Å². The number of halogens is 1. The maximum absolute atomic E-state index is 13.1. The second kappa shape index (κ2) is 8.65. The SMILES string of the molecule is CCc1ccc(C2CNCCN2S(=O)(=O)c2ccc(C#N)cc2)cc1.Cl. The van der Waals surface area contributed by atoms with Crippen LogP contribution in [-0.4, -0.2) is 32.4 Å². The van der Waals surface area contributed by atoms with Crippen LogP contribution in [0.1, 0.15) is 29.7 Å². The summed E-state index contributed by atoms with van der Waals surface area (Å²) in [6.07, 6.45) is 0.955. The van der Waals surface area contributed by atoms with Crippen LogP contribution in [0.4, 0.5) is 0 Å². The van der Waals surface area contributed by atoms with Crippen molar-refractivity contribution < 1.29 is 8.42 Å². The summed E-state index contributed by atoms with van der Waals surface area (Å²) in [6, 6.07) is 16.0. The van der Waals surface area contributed by atoms with Gasteiger partial charge in [-0.1, -0.05) is 31.2 Å². The average Bonchev–Trinajstić information content (AvgIpc) is 2.68. The quantitative estimate of drug-likeness (QED) is 0.869. The lowest BCUT2D eigenvalue weighted by Gasteiger charge is -2.35. The first-order chi connectivity index (χ1) is 12.1. The molecular weight excluding hydrogens is 370 g/mol. The number of nitriles is 1. The highest BCUT2D eigenvalue weighted by Crippen LogP contribution is 2.29.